The summed E-state index contributed by atoms with van der Waals surface area (Å²) in [5, 5.41) is 4.45. The zero-order valence-corrected chi connectivity index (χ0v) is 18.1. The summed E-state index contributed by atoms with van der Waals surface area (Å²) in [6.45, 7) is 3.01. The standard InChI is InChI=1S/C23H23Cl2NO3/c1-15-5-4-6-16(9-15)14-29-23-12-19(24)17(10-22(23)28-3)13-26-18-7-8-21(27-2)20(25)11-18/h4-12,26H,13-14H2,1-3H3. The van der Waals surface area contributed by atoms with E-state index in [4.69, 9.17) is 37.4 Å². The molecule has 0 amide bonds. The lowest BCUT2D eigenvalue weighted by Crippen LogP contribution is -2.03. The Morgan fingerprint density at radius 1 is 0.828 bits per heavy atom. The van der Waals surface area contributed by atoms with Crippen molar-refractivity contribution < 1.29 is 14.2 Å². The van der Waals surface area contributed by atoms with Crippen LogP contribution in [0, 0.1) is 6.92 Å². The van der Waals surface area contributed by atoms with Crippen molar-refractivity contribution in [3.05, 3.63) is 81.3 Å². The first-order valence-corrected chi connectivity index (χ1v) is 9.88. The Labute approximate surface area is 181 Å². The molecular weight excluding hydrogens is 409 g/mol. The van der Waals surface area contributed by atoms with Crippen molar-refractivity contribution >= 4 is 28.9 Å². The molecule has 4 nitrogen and oxygen atoms in total. The molecule has 0 aromatic heterocycles. The Hall–Kier alpha value is -2.56. The average molecular weight is 432 g/mol. The fourth-order valence-electron chi connectivity index (χ4n) is 2.92. The highest BCUT2D eigenvalue weighted by Gasteiger charge is 2.12. The van der Waals surface area contributed by atoms with Gasteiger partial charge in [-0.05, 0) is 42.3 Å². The predicted molar refractivity (Wildman–Crippen MR) is 119 cm³/mol. The molecule has 0 heterocycles. The second-order valence-electron chi connectivity index (χ2n) is 6.58. The third-order valence-corrected chi connectivity index (χ3v) is 5.09. The fourth-order valence-corrected chi connectivity index (χ4v) is 3.40. The number of ether oxygens (including phenoxy) is 3. The largest absolute Gasteiger partial charge is 0.495 e. The summed E-state index contributed by atoms with van der Waals surface area (Å²) in [4.78, 5) is 0. The first kappa shape index (κ1) is 21.2. The molecule has 6 heteroatoms. The second kappa shape index (κ2) is 9.77. The predicted octanol–water partition coefficient (Wildman–Crippen LogP) is 6.51. The summed E-state index contributed by atoms with van der Waals surface area (Å²) in [5.74, 6) is 1.87. The number of anilines is 1. The summed E-state index contributed by atoms with van der Waals surface area (Å²) in [7, 11) is 3.20. The molecule has 0 radical (unpaired) electrons. The first-order valence-electron chi connectivity index (χ1n) is 9.12. The van der Waals surface area contributed by atoms with E-state index in [2.05, 4.69) is 24.4 Å². The summed E-state index contributed by atoms with van der Waals surface area (Å²) in [5.41, 5.74) is 4.03. The van der Waals surface area contributed by atoms with Gasteiger partial charge in [0, 0.05) is 23.3 Å². The van der Waals surface area contributed by atoms with E-state index in [0.717, 1.165) is 16.8 Å². The number of rotatable bonds is 8. The van der Waals surface area contributed by atoms with Gasteiger partial charge < -0.3 is 19.5 Å². The Morgan fingerprint density at radius 3 is 2.31 bits per heavy atom. The van der Waals surface area contributed by atoms with Crippen LogP contribution in [0.5, 0.6) is 17.2 Å². The van der Waals surface area contributed by atoms with Crippen LogP contribution >= 0.6 is 23.2 Å². The molecule has 1 N–H and O–H groups in total. The lowest BCUT2D eigenvalue weighted by molar-refractivity contribution is 0.284. The monoisotopic (exact) mass is 431 g/mol. The Balaban J connectivity index is 1.71. The lowest BCUT2D eigenvalue weighted by atomic mass is 10.1. The van der Waals surface area contributed by atoms with Crippen LogP contribution in [0.25, 0.3) is 0 Å². The van der Waals surface area contributed by atoms with Crippen LogP contribution in [0.4, 0.5) is 5.69 Å². The second-order valence-corrected chi connectivity index (χ2v) is 7.39. The number of halogens is 2. The van der Waals surface area contributed by atoms with Gasteiger partial charge in [-0.3, -0.25) is 0 Å². The Morgan fingerprint density at radius 2 is 1.62 bits per heavy atom. The van der Waals surface area contributed by atoms with Crippen molar-refractivity contribution in [3.63, 3.8) is 0 Å². The van der Waals surface area contributed by atoms with E-state index in [-0.39, 0.29) is 0 Å². The van der Waals surface area contributed by atoms with Gasteiger partial charge in [-0.25, -0.2) is 0 Å². The van der Waals surface area contributed by atoms with Crippen molar-refractivity contribution in [1.29, 1.82) is 0 Å². The van der Waals surface area contributed by atoms with Crippen molar-refractivity contribution in [2.45, 2.75) is 20.1 Å². The van der Waals surface area contributed by atoms with Crippen LogP contribution in [0.1, 0.15) is 16.7 Å². The molecule has 0 aliphatic heterocycles. The molecule has 29 heavy (non-hydrogen) atoms. The molecule has 0 aliphatic rings. The summed E-state index contributed by atoms with van der Waals surface area (Å²) in [6, 6.07) is 17.4. The molecule has 3 aromatic carbocycles. The first-order chi connectivity index (χ1) is 14.0. The van der Waals surface area contributed by atoms with Crippen LogP contribution < -0.4 is 19.5 Å². The molecular formula is C23H23Cl2NO3. The zero-order chi connectivity index (χ0) is 20.8. The van der Waals surface area contributed by atoms with E-state index in [0.29, 0.717) is 40.4 Å². The summed E-state index contributed by atoms with van der Waals surface area (Å²) in [6.07, 6.45) is 0. The van der Waals surface area contributed by atoms with E-state index < -0.39 is 0 Å². The van der Waals surface area contributed by atoms with Crippen LogP contribution in [-0.2, 0) is 13.2 Å². The number of benzene rings is 3. The Bertz CT molecular complexity index is 992. The van der Waals surface area contributed by atoms with Gasteiger partial charge in [-0.15, -0.1) is 0 Å². The highest BCUT2D eigenvalue weighted by Crippen LogP contribution is 2.35. The minimum atomic E-state index is 0.441. The van der Waals surface area contributed by atoms with Gasteiger partial charge in [0.1, 0.15) is 12.4 Å². The zero-order valence-electron chi connectivity index (χ0n) is 16.6. The molecule has 0 aliphatic carbocycles. The molecule has 0 atom stereocenters. The van der Waals surface area contributed by atoms with Crippen molar-refractivity contribution in [1.82, 2.24) is 0 Å². The number of hydrogen-bond donors (Lipinski definition) is 1. The van der Waals surface area contributed by atoms with Crippen molar-refractivity contribution in [2.24, 2.45) is 0 Å². The lowest BCUT2D eigenvalue weighted by Gasteiger charge is -2.15. The topological polar surface area (TPSA) is 39.7 Å². The molecule has 152 valence electrons. The number of hydrogen-bond acceptors (Lipinski definition) is 4. The van der Waals surface area contributed by atoms with E-state index in [1.807, 2.05) is 36.4 Å². The number of aryl methyl sites for hydroxylation is 1. The SMILES string of the molecule is COc1ccc(NCc2cc(OC)c(OCc3cccc(C)c3)cc2Cl)cc1Cl. The van der Waals surface area contributed by atoms with E-state index in [1.54, 1.807) is 20.3 Å². The van der Waals surface area contributed by atoms with E-state index >= 15 is 0 Å². The van der Waals surface area contributed by atoms with Crippen molar-refractivity contribution in [2.75, 3.05) is 19.5 Å². The molecule has 0 unspecified atom stereocenters. The number of nitrogens with one attached hydrogen (secondary N) is 1. The van der Waals surface area contributed by atoms with Crippen LogP contribution in [0.15, 0.2) is 54.6 Å². The van der Waals surface area contributed by atoms with Crippen molar-refractivity contribution in [3.8, 4) is 17.2 Å². The van der Waals surface area contributed by atoms with Gasteiger partial charge in [0.25, 0.3) is 0 Å². The molecule has 3 rings (SSSR count). The normalized spacial score (nSPS) is 10.5. The smallest absolute Gasteiger partial charge is 0.163 e. The molecule has 0 bridgehead atoms. The minimum absolute atomic E-state index is 0.441. The molecule has 0 spiro atoms. The molecule has 0 fully saturated rings. The third-order valence-electron chi connectivity index (χ3n) is 4.44. The summed E-state index contributed by atoms with van der Waals surface area (Å²) >= 11 is 12.7. The van der Waals surface area contributed by atoms with E-state index in [9.17, 15) is 0 Å². The molecule has 0 saturated heterocycles. The third kappa shape index (κ3) is 5.49. The van der Waals surface area contributed by atoms with Crippen LogP contribution in [-0.4, -0.2) is 14.2 Å². The van der Waals surface area contributed by atoms with E-state index in [1.165, 1.54) is 5.56 Å². The summed E-state index contributed by atoms with van der Waals surface area (Å²) < 4.78 is 16.6. The minimum Gasteiger partial charge on any atom is -0.495 e. The van der Waals surface area contributed by atoms with Gasteiger partial charge in [-0.1, -0.05) is 53.0 Å². The van der Waals surface area contributed by atoms with Gasteiger partial charge in [0.05, 0.1) is 19.2 Å². The highest BCUT2D eigenvalue weighted by atomic mass is 35.5. The van der Waals surface area contributed by atoms with Gasteiger partial charge >= 0.3 is 0 Å². The van der Waals surface area contributed by atoms with Gasteiger partial charge in [-0.2, -0.15) is 0 Å². The molecule has 0 saturated carbocycles. The maximum Gasteiger partial charge on any atom is 0.163 e. The maximum atomic E-state index is 6.49. The average Bonchev–Trinajstić information content (AvgIpc) is 2.71. The quantitative estimate of drug-likeness (QED) is 0.441. The van der Waals surface area contributed by atoms with Gasteiger partial charge in [0.15, 0.2) is 11.5 Å². The highest BCUT2D eigenvalue weighted by molar-refractivity contribution is 6.32. The maximum absolute atomic E-state index is 6.49. The number of methoxy groups -OCH3 is 2. The van der Waals surface area contributed by atoms with Crippen LogP contribution in [0.2, 0.25) is 10.0 Å². The Kier molecular flexibility index (Phi) is 7.13. The fraction of sp³-hybridized carbons (Fsp3) is 0.217. The van der Waals surface area contributed by atoms with Gasteiger partial charge in [0.2, 0.25) is 0 Å². The van der Waals surface area contributed by atoms with Crippen LogP contribution in [0.3, 0.4) is 0 Å². The molecule has 3 aromatic rings.